The zero-order chi connectivity index (χ0) is 13.8. The van der Waals surface area contributed by atoms with Gasteiger partial charge in [-0.2, -0.15) is 0 Å². The molecule has 6 heteroatoms. The van der Waals surface area contributed by atoms with Gasteiger partial charge in [0.25, 0.3) is 5.91 Å². The Morgan fingerprint density at radius 3 is 2.79 bits per heavy atom. The number of rotatable bonds is 3. The zero-order valence-electron chi connectivity index (χ0n) is 9.98. The van der Waals surface area contributed by atoms with E-state index in [-0.39, 0.29) is 11.4 Å². The second-order valence-electron chi connectivity index (χ2n) is 3.66. The van der Waals surface area contributed by atoms with Crippen LogP contribution < -0.4 is 10.1 Å². The Hall–Kier alpha value is -2.14. The molecule has 0 bridgehead atoms. The Morgan fingerprint density at radius 2 is 2.16 bits per heavy atom. The second-order valence-corrected chi connectivity index (χ2v) is 4.10. The first kappa shape index (κ1) is 13.3. The number of ether oxygens (including phenoxy) is 1. The highest BCUT2D eigenvalue weighted by molar-refractivity contribution is 6.30. The summed E-state index contributed by atoms with van der Waals surface area (Å²) in [6.45, 7) is 0. The number of hydrogen-bond donors (Lipinski definition) is 1. The number of amides is 1. The van der Waals surface area contributed by atoms with Crippen molar-refractivity contribution in [2.24, 2.45) is 0 Å². The number of aromatic nitrogens is 1. The van der Waals surface area contributed by atoms with Crippen molar-refractivity contribution >= 4 is 23.2 Å². The van der Waals surface area contributed by atoms with Crippen molar-refractivity contribution in [3.8, 4) is 5.75 Å². The second kappa shape index (κ2) is 5.67. The predicted molar refractivity (Wildman–Crippen MR) is 70.2 cm³/mol. The highest BCUT2D eigenvalue weighted by atomic mass is 35.5. The number of carbonyl (C=O) groups is 1. The molecular weight excluding hydrogens is 271 g/mol. The van der Waals surface area contributed by atoms with Crippen molar-refractivity contribution in [2.45, 2.75) is 0 Å². The van der Waals surface area contributed by atoms with Crippen LogP contribution in [0.5, 0.6) is 5.75 Å². The first-order valence-electron chi connectivity index (χ1n) is 5.36. The summed E-state index contributed by atoms with van der Waals surface area (Å²) in [4.78, 5) is 15.7. The van der Waals surface area contributed by atoms with Gasteiger partial charge in [-0.1, -0.05) is 11.6 Å². The third-order valence-corrected chi connectivity index (χ3v) is 2.60. The van der Waals surface area contributed by atoms with Crippen LogP contribution >= 0.6 is 11.6 Å². The predicted octanol–water partition coefficient (Wildman–Crippen LogP) is 3.14. The normalized spacial score (nSPS) is 10.1. The number of nitrogens with one attached hydrogen (secondary N) is 1. The SMILES string of the molecule is COc1ccc(NC(=O)c2cc(Cl)ccn2)cc1F. The van der Waals surface area contributed by atoms with E-state index in [0.717, 1.165) is 0 Å². The lowest BCUT2D eigenvalue weighted by molar-refractivity contribution is 0.102. The fourth-order valence-electron chi connectivity index (χ4n) is 1.47. The van der Waals surface area contributed by atoms with Crippen LogP contribution in [0.25, 0.3) is 0 Å². The maximum atomic E-state index is 13.5. The zero-order valence-corrected chi connectivity index (χ0v) is 10.7. The molecule has 0 aliphatic carbocycles. The minimum Gasteiger partial charge on any atom is -0.494 e. The Morgan fingerprint density at radius 1 is 1.37 bits per heavy atom. The number of halogens is 2. The van der Waals surface area contributed by atoms with Crippen molar-refractivity contribution in [2.75, 3.05) is 12.4 Å². The van der Waals surface area contributed by atoms with Crippen LogP contribution in [-0.2, 0) is 0 Å². The molecule has 0 radical (unpaired) electrons. The van der Waals surface area contributed by atoms with E-state index < -0.39 is 11.7 Å². The smallest absolute Gasteiger partial charge is 0.274 e. The van der Waals surface area contributed by atoms with Gasteiger partial charge in [0.05, 0.1) is 7.11 Å². The van der Waals surface area contributed by atoms with Crippen molar-refractivity contribution in [1.82, 2.24) is 4.98 Å². The minimum absolute atomic E-state index is 0.110. The number of hydrogen-bond acceptors (Lipinski definition) is 3. The van der Waals surface area contributed by atoms with Crippen LogP contribution in [0.15, 0.2) is 36.5 Å². The van der Waals surface area contributed by atoms with Gasteiger partial charge >= 0.3 is 0 Å². The van der Waals surface area contributed by atoms with E-state index in [1.165, 1.54) is 37.6 Å². The van der Waals surface area contributed by atoms with Crippen LogP contribution in [0, 0.1) is 5.82 Å². The molecule has 4 nitrogen and oxygen atoms in total. The summed E-state index contributed by atoms with van der Waals surface area (Å²) in [5.74, 6) is -0.912. The molecule has 1 N–H and O–H groups in total. The molecule has 0 aliphatic heterocycles. The molecule has 0 atom stereocenters. The highest BCUT2D eigenvalue weighted by Crippen LogP contribution is 2.21. The third kappa shape index (κ3) is 3.20. The fourth-order valence-corrected chi connectivity index (χ4v) is 1.63. The standard InChI is InChI=1S/C13H10ClFN2O2/c1-19-12-3-2-9(7-10(12)15)17-13(18)11-6-8(14)4-5-16-11/h2-7H,1H3,(H,17,18). The molecule has 0 saturated heterocycles. The Labute approximate surface area is 114 Å². The lowest BCUT2D eigenvalue weighted by atomic mass is 10.2. The van der Waals surface area contributed by atoms with Crippen LogP contribution in [-0.4, -0.2) is 18.0 Å². The molecule has 0 unspecified atom stereocenters. The number of nitrogens with zero attached hydrogens (tertiary/aromatic N) is 1. The molecule has 0 spiro atoms. The molecule has 1 aromatic heterocycles. The molecule has 0 fully saturated rings. The summed E-state index contributed by atoms with van der Waals surface area (Å²) < 4.78 is 18.2. The summed E-state index contributed by atoms with van der Waals surface area (Å²) in [5.41, 5.74) is 0.466. The van der Waals surface area contributed by atoms with Gasteiger partial charge in [0, 0.05) is 23.0 Å². The molecule has 98 valence electrons. The average molecular weight is 281 g/mol. The van der Waals surface area contributed by atoms with Crippen LogP contribution in [0.4, 0.5) is 10.1 Å². The molecular formula is C13H10ClFN2O2. The topological polar surface area (TPSA) is 51.2 Å². The van der Waals surface area contributed by atoms with Gasteiger partial charge < -0.3 is 10.1 Å². The lowest BCUT2D eigenvalue weighted by Gasteiger charge is -2.07. The molecule has 2 rings (SSSR count). The largest absolute Gasteiger partial charge is 0.494 e. The summed E-state index contributed by atoms with van der Waals surface area (Å²) in [5, 5.41) is 2.93. The quantitative estimate of drug-likeness (QED) is 0.940. The third-order valence-electron chi connectivity index (χ3n) is 2.36. The van der Waals surface area contributed by atoms with Gasteiger partial charge in [0.2, 0.25) is 0 Å². The van der Waals surface area contributed by atoms with E-state index in [9.17, 15) is 9.18 Å². The number of anilines is 1. The van der Waals surface area contributed by atoms with Crippen LogP contribution in [0.1, 0.15) is 10.5 Å². The fraction of sp³-hybridized carbons (Fsp3) is 0.0769. The monoisotopic (exact) mass is 280 g/mol. The first-order valence-corrected chi connectivity index (χ1v) is 5.74. The number of benzene rings is 1. The molecule has 19 heavy (non-hydrogen) atoms. The maximum absolute atomic E-state index is 13.5. The van der Waals surface area contributed by atoms with Crippen LogP contribution in [0.3, 0.4) is 0 Å². The molecule has 1 amide bonds. The van der Waals surface area contributed by atoms with Gasteiger partial charge in [-0.15, -0.1) is 0 Å². The highest BCUT2D eigenvalue weighted by Gasteiger charge is 2.10. The molecule has 0 saturated carbocycles. The summed E-state index contributed by atoms with van der Waals surface area (Å²) in [6, 6.07) is 7.12. The van der Waals surface area contributed by atoms with E-state index in [1.807, 2.05) is 0 Å². The van der Waals surface area contributed by atoms with Gasteiger partial charge in [-0.25, -0.2) is 4.39 Å². The van der Waals surface area contributed by atoms with Gasteiger partial charge in [0.1, 0.15) is 5.69 Å². The van der Waals surface area contributed by atoms with E-state index >= 15 is 0 Å². The van der Waals surface area contributed by atoms with E-state index in [4.69, 9.17) is 16.3 Å². The first-order chi connectivity index (χ1) is 9.10. The number of methoxy groups -OCH3 is 1. The van der Waals surface area contributed by atoms with Crippen LogP contribution in [0.2, 0.25) is 5.02 Å². The summed E-state index contributed by atoms with van der Waals surface area (Å²) in [7, 11) is 1.37. The Balaban J connectivity index is 2.17. The molecule has 1 aromatic carbocycles. The van der Waals surface area contributed by atoms with E-state index in [2.05, 4.69) is 10.3 Å². The molecule has 2 aromatic rings. The number of carbonyl (C=O) groups excluding carboxylic acids is 1. The number of pyridine rings is 1. The minimum atomic E-state index is -0.556. The van der Waals surface area contributed by atoms with Crippen molar-refractivity contribution in [1.29, 1.82) is 0 Å². The lowest BCUT2D eigenvalue weighted by Crippen LogP contribution is -2.13. The molecule has 0 aliphatic rings. The van der Waals surface area contributed by atoms with Gasteiger partial charge in [-0.3, -0.25) is 9.78 Å². The van der Waals surface area contributed by atoms with Crippen molar-refractivity contribution < 1.29 is 13.9 Å². The maximum Gasteiger partial charge on any atom is 0.274 e. The van der Waals surface area contributed by atoms with E-state index in [0.29, 0.717) is 10.7 Å². The average Bonchev–Trinajstić information content (AvgIpc) is 2.39. The molecule has 1 heterocycles. The Kier molecular flexibility index (Phi) is 3.97. The van der Waals surface area contributed by atoms with Gasteiger partial charge in [-0.05, 0) is 24.3 Å². The summed E-state index contributed by atoms with van der Waals surface area (Å²) in [6.07, 6.45) is 1.42. The van der Waals surface area contributed by atoms with Crippen molar-refractivity contribution in [3.63, 3.8) is 0 Å². The van der Waals surface area contributed by atoms with E-state index in [1.54, 1.807) is 6.07 Å². The van der Waals surface area contributed by atoms with Gasteiger partial charge in [0.15, 0.2) is 11.6 Å². The Bertz CT molecular complexity index is 619. The summed E-state index contributed by atoms with van der Waals surface area (Å²) >= 11 is 5.76. The van der Waals surface area contributed by atoms with Crippen molar-refractivity contribution in [3.05, 3.63) is 53.1 Å².